The second kappa shape index (κ2) is 5.36. The molecule has 0 saturated carbocycles. The number of hydrogen-bond acceptors (Lipinski definition) is 3. The van der Waals surface area contributed by atoms with Crippen molar-refractivity contribution in [2.24, 2.45) is 0 Å². The van der Waals surface area contributed by atoms with Gasteiger partial charge in [0, 0.05) is 10.0 Å². The van der Waals surface area contributed by atoms with Gasteiger partial charge in [0.25, 0.3) is 5.69 Å². The standard InChI is InChI=1S/C13H9BrFNO3/c1-8-12(14)6-11(7-13(8)16(17)18)19-10-4-2-9(15)3-5-10/h2-7H,1H3. The van der Waals surface area contributed by atoms with Crippen molar-refractivity contribution >= 4 is 21.6 Å². The van der Waals surface area contributed by atoms with Gasteiger partial charge in [0.2, 0.25) is 0 Å². The van der Waals surface area contributed by atoms with Crippen LogP contribution in [-0.4, -0.2) is 4.92 Å². The van der Waals surface area contributed by atoms with Gasteiger partial charge in [0.15, 0.2) is 0 Å². The fourth-order valence-electron chi connectivity index (χ4n) is 1.53. The Hall–Kier alpha value is -1.95. The van der Waals surface area contributed by atoms with E-state index in [9.17, 15) is 14.5 Å². The molecule has 98 valence electrons. The van der Waals surface area contributed by atoms with Gasteiger partial charge in [-0.25, -0.2) is 4.39 Å². The number of halogens is 2. The molecule has 2 aromatic carbocycles. The third-order valence-corrected chi connectivity index (χ3v) is 3.36. The van der Waals surface area contributed by atoms with Crippen molar-refractivity contribution in [2.75, 3.05) is 0 Å². The molecule has 0 N–H and O–H groups in total. The normalized spacial score (nSPS) is 10.3. The van der Waals surface area contributed by atoms with Crippen LogP contribution >= 0.6 is 15.9 Å². The van der Waals surface area contributed by atoms with Crippen molar-refractivity contribution in [3.63, 3.8) is 0 Å². The van der Waals surface area contributed by atoms with E-state index in [4.69, 9.17) is 4.74 Å². The summed E-state index contributed by atoms with van der Waals surface area (Å²) in [4.78, 5) is 10.4. The molecule has 0 spiro atoms. The van der Waals surface area contributed by atoms with E-state index < -0.39 is 4.92 Å². The van der Waals surface area contributed by atoms with Crippen molar-refractivity contribution in [1.82, 2.24) is 0 Å². The summed E-state index contributed by atoms with van der Waals surface area (Å²) in [6.07, 6.45) is 0. The van der Waals surface area contributed by atoms with Crippen LogP contribution in [0.5, 0.6) is 11.5 Å². The Kier molecular flexibility index (Phi) is 3.80. The molecule has 2 rings (SSSR count). The smallest absolute Gasteiger partial charge is 0.277 e. The van der Waals surface area contributed by atoms with E-state index in [0.717, 1.165) is 0 Å². The maximum absolute atomic E-state index is 12.8. The maximum Gasteiger partial charge on any atom is 0.277 e. The summed E-state index contributed by atoms with van der Waals surface area (Å²) in [6.45, 7) is 1.64. The van der Waals surface area contributed by atoms with Crippen LogP contribution in [0.2, 0.25) is 0 Å². The highest BCUT2D eigenvalue weighted by Crippen LogP contribution is 2.33. The number of nitro groups is 1. The predicted molar refractivity (Wildman–Crippen MR) is 72.0 cm³/mol. The third-order valence-electron chi connectivity index (χ3n) is 2.54. The molecule has 0 unspecified atom stereocenters. The minimum atomic E-state index is -0.475. The second-order valence-electron chi connectivity index (χ2n) is 3.86. The summed E-state index contributed by atoms with van der Waals surface area (Å²) in [7, 11) is 0. The van der Waals surface area contributed by atoms with E-state index in [1.165, 1.54) is 30.3 Å². The summed E-state index contributed by atoms with van der Waals surface area (Å²) < 4.78 is 18.8. The highest BCUT2D eigenvalue weighted by atomic mass is 79.9. The number of benzene rings is 2. The second-order valence-corrected chi connectivity index (χ2v) is 4.72. The molecule has 0 bridgehead atoms. The largest absolute Gasteiger partial charge is 0.457 e. The Morgan fingerprint density at radius 1 is 1.21 bits per heavy atom. The van der Waals surface area contributed by atoms with Gasteiger partial charge in [0.1, 0.15) is 17.3 Å². The monoisotopic (exact) mass is 325 g/mol. The van der Waals surface area contributed by atoms with Gasteiger partial charge in [-0.05, 0) is 37.3 Å². The molecule has 0 heterocycles. The Morgan fingerprint density at radius 3 is 2.42 bits per heavy atom. The Labute approximate surface area is 117 Å². The van der Waals surface area contributed by atoms with Gasteiger partial charge < -0.3 is 4.74 Å². The topological polar surface area (TPSA) is 52.4 Å². The molecule has 19 heavy (non-hydrogen) atoms. The van der Waals surface area contributed by atoms with Gasteiger partial charge in [-0.2, -0.15) is 0 Å². The Morgan fingerprint density at radius 2 is 1.84 bits per heavy atom. The van der Waals surface area contributed by atoms with Crippen molar-refractivity contribution in [2.45, 2.75) is 6.92 Å². The lowest BCUT2D eigenvalue weighted by Gasteiger charge is -2.08. The van der Waals surface area contributed by atoms with Crippen molar-refractivity contribution in [1.29, 1.82) is 0 Å². The first kappa shape index (κ1) is 13.5. The van der Waals surface area contributed by atoms with Crippen molar-refractivity contribution < 1.29 is 14.1 Å². The molecule has 0 aliphatic heterocycles. The average molecular weight is 326 g/mol. The van der Waals surface area contributed by atoms with E-state index in [1.54, 1.807) is 13.0 Å². The van der Waals surface area contributed by atoms with E-state index >= 15 is 0 Å². The SMILES string of the molecule is Cc1c(Br)cc(Oc2ccc(F)cc2)cc1[N+](=O)[O-]. The van der Waals surface area contributed by atoms with Gasteiger partial charge in [-0.1, -0.05) is 15.9 Å². The van der Waals surface area contributed by atoms with Crippen LogP contribution in [0.1, 0.15) is 5.56 Å². The van der Waals surface area contributed by atoms with Gasteiger partial charge >= 0.3 is 0 Å². The number of nitro benzene ring substituents is 1. The van der Waals surface area contributed by atoms with Crippen LogP contribution in [0.4, 0.5) is 10.1 Å². The fraction of sp³-hybridized carbons (Fsp3) is 0.0769. The van der Waals surface area contributed by atoms with Crippen LogP contribution in [0.25, 0.3) is 0 Å². The van der Waals surface area contributed by atoms with Crippen LogP contribution in [0, 0.1) is 22.9 Å². The summed E-state index contributed by atoms with van der Waals surface area (Å²) in [6, 6.07) is 8.39. The average Bonchev–Trinajstić information content (AvgIpc) is 2.36. The van der Waals surface area contributed by atoms with Crippen molar-refractivity contribution in [3.8, 4) is 11.5 Å². The number of hydrogen-bond donors (Lipinski definition) is 0. The lowest BCUT2D eigenvalue weighted by Crippen LogP contribution is -1.94. The van der Waals surface area contributed by atoms with Crippen LogP contribution in [-0.2, 0) is 0 Å². The Bertz CT molecular complexity index is 629. The van der Waals surface area contributed by atoms with E-state index in [0.29, 0.717) is 21.5 Å². The zero-order valence-corrected chi connectivity index (χ0v) is 11.5. The minimum absolute atomic E-state index is 0.0357. The number of rotatable bonds is 3. The maximum atomic E-state index is 12.8. The zero-order chi connectivity index (χ0) is 14.0. The summed E-state index contributed by atoms with van der Waals surface area (Å²) in [5.74, 6) is 0.352. The molecule has 0 fully saturated rings. The van der Waals surface area contributed by atoms with Crippen molar-refractivity contribution in [3.05, 3.63) is 62.4 Å². The molecule has 0 aliphatic carbocycles. The minimum Gasteiger partial charge on any atom is -0.457 e. The summed E-state index contributed by atoms with van der Waals surface area (Å²) >= 11 is 3.25. The van der Waals surface area contributed by atoms with Crippen LogP contribution in [0.3, 0.4) is 0 Å². The van der Waals surface area contributed by atoms with Gasteiger partial charge in [-0.3, -0.25) is 10.1 Å². The van der Waals surface area contributed by atoms with E-state index in [-0.39, 0.29) is 11.5 Å². The van der Waals surface area contributed by atoms with Crippen LogP contribution in [0.15, 0.2) is 40.9 Å². The highest BCUT2D eigenvalue weighted by molar-refractivity contribution is 9.10. The number of ether oxygens (including phenoxy) is 1. The summed E-state index contributed by atoms with van der Waals surface area (Å²) in [5.41, 5.74) is 0.489. The molecule has 6 heteroatoms. The molecular weight excluding hydrogens is 317 g/mol. The molecule has 0 radical (unpaired) electrons. The molecule has 4 nitrogen and oxygen atoms in total. The van der Waals surface area contributed by atoms with E-state index in [2.05, 4.69) is 15.9 Å². The first-order valence-electron chi connectivity index (χ1n) is 5.35. The Balaban J connectivity index is 2.35. The predicted octanol–water partition coefficient (Wildman–Crippen LogP) is 4.60. The summed E-state index contributed by atoms with van der Waals surface area (Å²) in [5, 5.41) is 10.9. The van der Waals surface area contributed by atoms with Gasteiger partial charge in [-0.15, -0.1) is 0 Å². The fourth-order valence-corrected chi connectivity index (χ4v) is 1.96. The number of nitrogens with zero attached hydrogens (tertiary/aromatic N) is 1. The van der Waals surface area contributed by atoms with Crippen LogP contribution < -0.4 is 4.74 Å². The first-order valence-corrected chi connectivity index (χ1v) is 6.14. The molecular formula is C13H9BrFNO3. The lowest BCUT2D eigenvalue weighted by molar-refractivity contribution is -0.385. The van der Waals surface area contributed by atoms with E-state index in [1.807, 2.05) is 0 Å². The molecule has 0 saturated heterocycles. The molecule has 0 aliphatic rings. The molecule has 0 aromatic heterocycles. The lowest BCUT2D eigenvalue weighted by atomic mass is 10.2. The molecule has 0 atom stereocenters. The highest BCUT2D eigenvalue weighted by Gasteiger charge is 2.16. The van der Waals surface area contributed by atoms with Gasteiger partial charge in [0.05, 0.1) is 11.0 Å². The molecule has 2 aromatic rings. The molecule has 0 amide bonds. The zero-order valence-electron chi connectivity index (χ0n) is 9.89. The first-order chi connectivity index (χ1) is 8.97. The third kappa shape index (κ3) is 3.08. The quantitative estimate of drug-likeness (QED) is 0.612.